The first-order chi connectivity index (χ1) is 6.88. The number of epoxide rings is 1. The number of hydrogen-bond donors (Lipinski definition) is 0. The van der Waals surface area contributed by atoms with Crippen molar-refractivity contribution in [3.8, 4) is 0 Å². The van der Waals surface area contributed by atoms with Gasteiger partial charge < -0.3 is 14.2 Å². The molecule has 80 valence electrons. The van der Waals surface area contributed by atoms with Gasteiger partial charge in [-0.25, -0.2) is 0 Å². The van der Waals surface area contributed by atoms with Gasteiger partial charge in [-0.05, 0) is 6.42 Å². The van der Waals surface area contributed by atoms with Crippen LogP contribution in [0.5, 0.6) is 0 Å². The van der Waals surface area contributed by atoms with Crippen molar-refractivity contribution >= 4 is 0 Å². The zero-order valence-corrected chi connectivity index (χ0v) is 8.48. The standard InChI is InChI=1S/C11H18O3/c1-3-5-10(11-9-14-11)13-8-7-12-6-4-2/h3-4,10-11H,1-2,5-9H2. The van der Waals surface area contributed by atoms with Gasteiger partial charge in [0.25, 0.3) is 0 Å². The Morgan fingerprint density at radius 2 is 2.14 bits per heavy atom. The van der Waals surface area contributed by atoms with Crippen LogP contribution in [0.15, 0.2) is 25.3 Å². The molecule has 2 atom stereocenters. The molecule has 14 heavy (non-hydrogen) atoms. The fraction of sp³-hybridized carbons (Fsp3) is 0.636. The molecule has 3 heteroatoms. The van der Waals surface area contributed by atoms with Crippen molar-refractivity contribution in [2.45, 2.75) is 18.6 Å². The van der Waals surface area contributed by atoms with Crippen LogP contribution in [0.3, 0.4) is 0 Å². The van der Waals surface area contributed by atoms with E-state index in [9.17, 15) is 0 Å². The molecule has 0 amide bonds. The SMILES string of the molecule is C=CCOCCOC(CC=C)C1CO1. The monoisotopic (exact) mass is 198 g/mol. The van der Waals surface area contributed by atoms with Crippen LogP contribution in [0.4, 0.5) is 0 Å². The third-order valence-corrected chi connectivity index (χ3v) is 1.97. The molecule has 0 aromatic carbocycles. The van der Waals surface area contributed by atoms with E-state index in [0.29, 0.717) is 19.8 Å². The Kier molecular flexibility index (Phi) is 5.52. The summed E-state index contributed by atoms with van der Waals surface area (Å²) < 4.78 is 16.0. The molecular weight excluding hydrogens is 180 g/mol. The van der Waals surface area contributed by atoms with Crippen LogP contribution in [0.2, 0.25) is 0 Å². The third-order valence-electron chi connectivity index (χ3n) is 1.97. The average Bonchev–Trinajstić information content (AvgIpc) is 2.99. The summed E-state index contributed by atoms with van der Waals surface area (Å²) >= 11 is 0. The number of ether oxygens (including phenoxy) is 3. The molecule has 1 saturated heterocycles. The zero-order chi connectivity index (χ0) is 10.2. The Bertz CT molecular complexity index is 175. The van der Waals surface area contributed by atoms with Crippen LogP contribution < -0.4 is 0 Å². The Hall–Kier alpha value is -0.640. The minimum atomic E-state index is 0.153. The van der Waals surface area contributed by atoms with Gasteiger partial charge in [-0.3, -0.25) is 0 Å². The Morgan fingerprint density at radius 1 is 1.36 bits per heavy atom. The molecule has 0 bridgehead atoms. The predicted octanol–water partition coefficient (Wildman–Crippen LogP) is 1.55. The first-order valence-electron chi connectivity index (χ1n) is 4.91. The lowest BCUT2D eigenvalue weighted by molar-refractivity contribution is -0.000281. The molecule has 0 N–H and O–H groups in total. The van der Waals surface area contributed by atoms with Crippen molar-refractivity contribution in [3.63, 3.8) is 0 Å². The van der Waals surface area contributed by atoms with Gasteiger partial charge in [-0.1, -0.05) is 12.2 Å². The van der Waals surface area contributed by atoms with E-state index in [-0.39, 0.29) is 12.2 Å². The molecule has 0 spiro atoms. The minimum Gasteiger partial charge on any atom is -0.375 e. The summed E-state index contributed by atoms with van der Waals surface area (Å²) in [4.78, 5) is 0. The highest BCUT2D eigenvalue weighted by Gasteiger charge is 2.32. The second kappa shape index (κ2) is 6.76. The molecule has 0 saturated carbocycles. The third kappa shape index (κ3) is 4.56. The lowest BCUT2D eigenvalue weighted by Crippen LogP contribution is -2.21. The number of rotatable bonds is 9. The fourth-order valence-electron chi connectivity index (χ4n) is 1.19. The summed E-state index contributed by atoms with van der Waals surface area (Å²) in [5.74, 6) is 0. The molecule has 0 aliphatic carbocycles. The fourth-order valence-corrected chi connectivity index (χ4v) is 1.19. The van der Waals surface area contributed by atoms with Crippen molar-refractivity contribution < 1.29 is 14.2 Å². The molecule has 0 radical (unpaired) electrons. The molecule has 1 rings (SSSR count). The van der Waals surface area contributed by atoms with Gasteiger partial charge in [0.05, 0.1) is 32.5 Å². The molecule has 1 fully saturated rings. The van der Waals surface area contributed by atoms with Gasteiger partial charge in [0.15, 0.2) is 0 Å². The Balaban J connectivity index is 2.01. The van der Waals surface area contributed by atoms with E-state index in [1.807, 2.05) is 6.08 Å². The highest BCUT2D eigenvalue weighted by atomic mass is 16.6. The summed E-state index contributed by atoms with van der Waals surface area (Å²) in [5, 5.41) is 0. The second-order valence-corrected chi connectivity index (χ2v) is 3.17. The van der Waals surface area contributed by atoms with Crippen LogP contribution in [0.25, 0.3) is 0 Å². The molecule has 0 aromatic rings. The molecule has 1 aliphatic heterocycles. The molecule has 3 nitrogen and oxygen atoms in total. The first kappa shape index (κ1) is 11.4. The summed E-state index contributed by atoms with van der Waals surface area (Å²) in [7, 11) is 0. The van der Waals surface area contributed by atoms with E-state index in [1.54, 1.807) is 6.08 Å². The van der Waals surface area contributed by atoms with E-state index in [1.165, 1.54) is 0 Å². The molecule has 1 heterocycles. The normalized spacial score (nSPS) is 21.6. The molecule has 2 unspecified atom stereocenters. The van der Waals surface area contributed by atoms with Crippen LogP contribution >= 0.6 is 0 Å². The molecule has 1 aliphatic rings. The van der Waals surface area contributed by atoms with E-state index < -0.39 is 0 Å². The van der Waals surface area contributed by atoms with E-state index in [4.69, 9.17) is 14.2 Å². The quantitative estimate of drug-likeness (QED) is 0.320. The summed E-state index contributed by atoms with van der Waals surface area (Å²) in [6.07, 6.45) is 4.85. The predicted molar refractivity (Wildman–Crippen MR) is 55.3 cm³/mol. The lowest BCUT2D eigenvalue weighted by atomic mass is 10.2. The van der Waals surface area contributed by atoms with Gasteiger partial charge in [-0.15, -0.1) is 13.2 Å². The van der Waals surface area contributed by atoms with Gasteiger partial charge in [-0.2, -0.15) is 0 Å². The van der Waals surface area contributed by atoms with Crippen LogP contribution in [-0.4, -0.2) is 38.6 Å². The average molecular weight is 198 g/mol. The van der Waals surface area contributed by atoms with Crippen molar-refractivity contribution in [3.05, 3.63) is 25.3 Å². The van der Waals surface area contributed by atoms with Gasteiger partial charge in [0.1, 0.15) is 6.10 Å². The summed E-state index contributed by atoms with van der Waals surface area (Å²) in [5.41, 5.74) is 0. The summed E-state index contributed by atoms with van der Waals surface area (Å²) in [6, 6.07) is 0. The van der Waals surface area contributed by atoms with Gasteiger partial charge in [0, 0.05) is 0 Å². The number of hydrogen-bond acceptors (Lipinski definition) is 3. The van der Waals surface area contributed by atoms with E-state index >= 15 is 0 Å². The van der Waals surface area contributed by atoms with Gasteiger partial charge >= 0.3 is 0 Å². The minimum absolute atomic E-state index is 0.153. The molecule has 0 aromatic heterocycles. The molecular formula is C11H18O3. The maximum atomic E-state index is 5.60. The van der Waals surface area contributed by atoms with E-state index in [2.05, 4.69) is 13.2 Å². The topological polar surface area (TPSA) is 31.0 Å². The Morgan fingerprint density at radius 3 is 2.71 bits per heavy atom. The van der Waals surface area contributed by atoms with Crippen LogP contribution in [-0.2, 0) is 14.2 Å². The van der Waals surface area contributed by atoms with E-state index in [0.717, 1.165) is 13.0 Å². The maximum Gasteiger partial charge on any atom is 0.107 e. The van der Waals surface area contributed by atoms with Crippen LogP contribution in [0, 0.1) is 0 Å². The zero-order valence-electron chi connectivity index (χ0n) is 8.48. The highest BCUT2D eigenvalue weighted by molar-refractivity contribution is 4.85. The first-order valence-corrected chi connectivity index (χ1v) is 4.91. The summed E-state index contributed by atoms with van der Waals surface area (Å²) in [6.45, 7) is 9.85. The maximum absolute atomic E-state index is 5.60. The smallest absolute Gasteiger partial charge is 0.107 e. The Labute approximate surface area is 85.3 Å². The van der Waals surface area contributed by atoms with Gasteiger partial charge in [0.2, 0.25) is 0 Å². The lowest BCUT2D eigenvalue weighted by Gasteiger charge is -2.13. The highest BCUT2D eigenvalue weighted by Crippen LogP contribution is 2.19. The largest absolute Gasteiger partial charge is 0.375 e. The van der Waals surface area contributed by atoms with Crippen LogP contribution in [0.1, 0.15) is 6.42 Å². The van der Waals surface area contributed by atoms with Crippen molar-refractivity contribution in [1.82, 2.24) is 0 Å². The van der Waals surface area contributed by atoms with Crippen molar-refractivity contribution in [2.75, 3.05) is 26.4 Å². The van der Waals surface area contributed by atoms with Crippen molar-refractivity contribution in [2.24, 2.45) is 0 Å². The second-order valence-electron chi connectivity index (χ2n) is 3.17. The van der Waals surface area contributed by atoms with Crippen molar-refractivity contribution in [1.29, 1.82) is 0 Å².